The summed E-state index contributed by atoms with van der Waals surface area (Å²) < 4.78 is 1.45. The predicted octanol–water partition coefficient (Wildman–Crippen LogP) is 1.53. The molecule has 1 saturated heterocycles. The number of nitrogens with zero attached hydrogens (tertiary/aromatic N) is 3. The van der Waals surface area contributed by atoms with Crippen LogP contribution in [0.15, 0.2) is 40.1 Å². The lowest BCUT2D eigenvalue weighted by atomic mass is 9.92. The van der Waals surface area contributed by atoms with Crippen molar-refractivity contribution in [2.45, 2.75) is 51.6 Å². The van der Waals surface area contributed by atoms with Crippen LogP contribution in [-0.4, -0.2) is 38.2 Å². The lowest BCUT2D eigenvalue weighted by Gasteiger charge is -2.26. The summed E-state index contributed by atoms with van der Waals surface area (Å²) in [5.74, 6) is -0.182. The lowest BCUT2D eigenvalue weighted by molar-refractivity contribution is 0.0719. The zero-order valence-corrected chi connectivity index (χ0v) is 15.4. The average Bonchev–Trinajstić information content (AvgIpc) is 3.03. The van der Waals surface area contributed by atoms with Gasteiger partial charge in [0.25, 0.3) is 11.5 Å². The minimum atomic E-state index is -0.303. The molecule has 3 heterocycles. The fourth-order valence-corrected chi connectivity index (χ4v) is 3.22. The number of aromatic amines is 1. The van der Waals surface area contributed by atoms with Gasteiger partial charge in [0, 0.05) is 35.9 Å². The molecule has 0 saturated carbocycles. The van der Waals surface area contributed by atoms with Crippen molar-refractivity contribution in [3.63, 3.8) is 0 Å². The molecule has 0 bridgehead atoms. The Balaban J connectivity index is 1.84. The Bertz CT molecular complexity index is 923. The Morgan fingerprint density at radius 3 is 2.73 bits per heavy atom. The minimum absolute atomic E-state index is 0.109. The van der Waals surface area contributed by atoms with E-state index < -0.39 is 0 Å². The number of pyridine rings is 1. The Morgan fingerprint density at radius 1 is 1.27 bits per heavy atom. The highest BCUT2D eigenvalue weighted by Crippen LogP contribution is 2.22. The van der Waals surface area contributed by atoms with Gasteiger partial charge in [0.05, 0.1) is 18.3 Å². The first-order valence-electron chi connectivity index (χ1n) is 8.84. The molecule has 2 aromatic rings. The van der Waals surface area contributed by atoms with Crippen molar-refractivity contribution in [1.29, 1.82) is 0 Å². The quantitative estimate of drug-likeness (QED) is 0.903. The molecule has 2 aromatic heterocycles. The van der Waals surface area contributed by atoms with Gasteiger partial charge in [0.15, 0.2) is 0 Å². The zero-order valence-electron chi connectivity index (χ0n) is 15.4. The molecule has 26 heavy (non-hydrogen) atoms. The summed E-state index contributed by atoms with van der Waals surface area (Å²) in [6.07, 6.45) is 3.15. The third-order valence-corrected chi connectivity index (χ3v) is 4.68. The molecule has 1 fully saturated rings. The predicted molar refractivity (Wildman–Crippen MR) is 98.3 cm³/mol. The van der Waals surface area contributed by atoms with E-state index in [9.17, 15) is 14.4 Å². The van der Waals surface area contributed by atoms with Crippen molar-refractivity contribution in [3.8, 4) is 0 Å². The van der Waals surface area contributed by atoms with Crippen LogP contribution in [0.2, 0.25) is 0 Å². The molecule has 0 aliphatic carbocycles. The molecule has 1 aliphatic rings. The fraction of sp³-hybridized carbons (Fsp3) is 0.474. The smallest absolute Gasteiger partial charge is 0.266 e. The van der Waals surface area contributed by atoms with Gasteiger partial charge < -0.3 is 9.88 Å². The average molecular weight is 356 g/mol. The number of aromatic nitrogens is 3. The molecule has 0 spiro atoms. The number of hydrogen-bond acceptors (Lipinski definition) is 4. The second-order valence-corrected chi connectivity index (χ2v) is 7.73. The van der Waals surface area contributed by atoms with Crippen LogP contribution in [0.5, 0.6) is 0 Å². The standard InChI is InChI=1S/C19H24N4O3/c1-19(2,3)15-6-7-17(25)23(21-15)12-14-5-4-10-22(14)18(26)13-8-9-20-16(24)11-13/h6-9,11,14H,4-5,10,12H2,1-3H3,(H,20,24). The van der Waals surface area contributed by atoms with Crippen molar-refractivity contribution in [2.24, 2.45) is 0 Å². The first-order valence-corrected chi connectivity index (χ1v) is 8.84. The summed E-state index contributed by atoms with van der Waals surface area (Å²) in [4.78, 5) is 40.7. The third kappa shape index (κ3) is 3.76. The Kier molecular flexibility index (Phi) is 4.80. The molecule has 138 valence electrons. The van der Waals surface area contributed by atoms with Gasteiger partial charge in [-0.1, -0.05) is 20.8 Å². The number of amides is 1. The summed E-state index contributed by atoms with van der Waals surface area (Å²) in [5.41, 5.74) is 0.564. The number of rotatable bonds is 3. The topological polar surface area (TPSA) is 88.1 Å². The van der Waals surface area contributed by atoms with Crippen LogP contribution >= 0.6 is 0 Å². The molecule has 7 nitrogen and oxygen atoms in total. The molecule has 1 amide bonds. The summed E-state index contributed by atoms with van der Waals surface area (Å²) in [6.45, 7) is 7.11. The van der Waals surface area contributed by atoms with E-state index in [1.165, 1.54) is 23.0 Å². The lowest BCUT2D eigenvalue weighted by Crippen LogP contribution is -2.41. The first kappa shape index (κ1) is 18.1. The maximum Gasteiger partial charge on any atom is 0.266 e. The summed E-state index contributed by atoms with van der Waals surface area (Å²) >= 11 is 0. The third-order valence-electron chi connectivity index (χ3n) is 4.68. The molecular weight excluding hydrogens is 332 g/mol. The number of carbonyl (C=O) groups excluding carboxylic acids is 1. The van der Waals surface area contributed by atoms with E-state index in [0.717, 1.165) is 18.5 Å². The molecular formula is C19H24N4O3. The molecule has 1 unspecified atom stereocenters. The molecule has 1 atom stereocenters. The summed E-state index contributed by atoms with van der Waals surface area (Å²) in [7, 11) is 0. The van der Waals surface area contributed by atoms with E-state index in [0.29, 0.717) is 18.7 Å². The highest BCUT2D eigenvalue weighted by Gasteiger charge is 2.30. The Morgan fingerprint density at radius 2 is 2.04 bits per heavy atom. The second-order valence-electron chi connectivity index (χ2n) is 7.73. The normalized spacial score (nSPS) is 17.5. The van der Waals surface area contributed by atoms with Crippen LogP contribution in [0.25, 0.3) is 0 Å². The van der Waals surface area contributed by atoms with Crippen LogP contribution in [-0.2, 0) is 12.0 Å². The van der Waals surface area contributed by atoms with Crippen molar-refractivity contribution >= 4 is 5.91 Å². The summed E-state index contributed by atoms with van der Waals surface area (Å²) in [6, 6.07) is 6.09. The fourth-order valence-electron chi connectivity index (χ4n) is 3.22. The number of likely N-dealkylation sites (tertiary alicyclic amines) is 1. The number of carbonyl (C=O) groups is 1. The van der Waals surface area contributed by atoms with E-state index in [1.54, 1.807) is 17.0 Å². The van der Waals surface area contributed by atoms with E-state index in [-0.39, 0.29) is 28.5 Å². The first-order chi connectivity index (χ1) is 12.3. The SMILES string of the molecule is CC(C)(C)c1ccc(=O)n(CC2CCCN2C(=O)c2cc[nH]c(=O)c2)n1. The van der Waals surface area contributed by atoms with Crippen LogP contribution < -0.4 is 11.1 Å². The second kappa shape index (κ2) is 6.90. The van der Waals surface area contributed by atoms with E-state index in [2.05, 4.69) is 10.1 Å². The van der Waals surface area contributed by atoms with Gasteiger partial charge in [0.1, 0.15) is 0 Å². The Hall–Kier alpha value is -2.70. The van der Waals surface area contributed by atoms with E-state index in [4.69, 9.17) is 0 Å². The highest BCUT2D eigenvalue weighted by atomic mass is 16.2. The zero-order chi connectivity index (χ0) is 18.9. The van der Waals surface area contributed by atoms with Crippen LogP contribution in [0.3, 0.4) is 0 Å². The largest absolute Gasteiger partial charge is 0.334 e. The Labute approximate surface area is 151 Å². The van der Waals surface area contributed by atoms with Gasteiger partial charge in [-0.2, -0.15) is 5.10 Å². The van der Waals surface area contributed by atoms with Crippen LogP contribution in [0.1, 0.15) is 49.7 Å². The summed E-state index contributed by atoms with van der Waals surface area (Å²) in [5, 5.41) is 4.50. The van der Waals surface area contributed by atoms with Crippen molar-refractivity contribution in [2.75, 3.05) is 6.54 Å². The maximum absolute atomic E-state index is 12.8. The van der Waals surface area contributed by atoms with Gasteiger partial charge in [-0.15, -0.1) is 0 Å². The maximum atomic E-state index is 12.8. The van der Waals surface area contributed by atoms with Gasteiger partial charge in [0.2, 0.25) is 5.56 Å². The number of nitrogens with one attached hydrogen (secondary N) is 1. The van der Waals surface area contributed by atoms with Crippen LogP contribution in [0, 0.1) is 0 Å². The highest BCUT2D eigenvalue weighted by molar-refractivity contribution is 5.94. The molecule has 1 aliphatic heterocycles. The van der Waals surface area contributed by atoms with Gasteiger partial charge >= 0.3 is 0 Å². The molecule has 0 radical (unpaired) electrons. The van der Waals surface area contributed by atoms with Crippen molar-refractivity contribution in [1.82, 2.24) is 19.7 Å². The molecule has 7 heteroatoms. The molecule has 0 aromatic carbocycles. The number of H-pyrrole nitrogens is 1. The van der Waals surface area contributed by atoms with Crippen molar-refractivity contribution in [3.05, 3.63) is 62.4 Å². The van der Waals surface area contributed by atoms with Crippen molar-refractivity contribution < 1.29 is 4.79 Å². The molecule has 1 N–H and O–H groups in total. The van der Waals surface area contributed by atoms with Gasteiger partial charge in [-0.05, 0) is 25.0 Å². The van der Waals surface area contributed by atoms with Gasteiger partial charge in [-0.3, -0.25) is 14.4 Å². The minimum Gasteiger partial charge on any atom is -0.334 e. The number of hydrogen-bond donors (Lipinski definition) is 1. The van der Waals surface area contributed by atoms with E-state index in [1.807, 2.05) is 20.8 Å². The van der Waals surface area contributed by atoms with E-state index >= 15 is 0 Å². The van der Waals surface area contributed by atoms with Gasteiger partial charge in [-0.25, -0.2) is 4.68 Å². The van der Waals surface area contributed by atoms with Crippen LogP contribution in [0.4, 0.5) is 0 Å². The molecule has 3 rings (SSSR count). The monoisotopic (exact) mass is 356 g/mol.